The van der Waals surface area contributed by atoms with Gasteiger partial charge in [-0.3, -0.25) is 11.3 Å². The molecule has 0 saturated carbocycles. The number of nitrogens with one attached hydrogen (secondary N) is 1. The van der Waals surface area contributed by atoms with Gasteiger partial charge in [-0.1, -0.05) is 12.1 Å². The average molecular weight is 313 g/mol. The molecule has 0 spiro atoms. The second-order valence-corrected chi connectivity index (χ2v) is 5.91. The Labute approximate surface area is 125 Å². The summed E-state index contributed by atoms with van der Waals surface area (Å²) in [6, 6.07) is 6.31. The first-order valence-electron chi connectivity index (χ1n) is 6.43. The molecule has 0 bridgehead atoms. The summed E-state index contributed by atoms with van der Waals surface area (Å²) in [5.74, 6) is 5.71. The summed E-state index contributed by atoms with van der Waals surface area (Å²) >= 11 is 1.61. The minimum absolute atomic E-state index is 0.120. The Morgan fingerprint density at radius 1 is 1.38 bits per heavy atom. The number of hydrogen-bond donors (Lipinski definition) is 2. The van der Waals surface area contributed by atoms with Gasteiger partial charge in [0.2, 0.25) is 0 Å². The van der Waals surface area contributed by atoms with Crippen LogP contribution in [0.1, 0.15) is 27.2 Å². The first kappa shape index (κ1) is 15.8. The molecule has 1 atom stereocenters. The van der Waals surface area contributed by atoms with E-state index in [1.807, 2.05) is 19.9 Å². The first-order chi connectivity index (χ1) is 9.99. The highest BCUT2D eigenvalue weighted by molar-refractivity contribution is 7.11. The third-order valence-corrected chi connectivity index (χ3v) is 4.23. The normalized spacial score (nSPS) is 12.7. The topological polar surface area (TPSA) is 60.2 Å². The molecule has 2 rings (SSSR count). The summed E-state index contributed by atoms with van der Waals surface area (Å²) in [5, 5.41) is 0.952. The van der Waals surface area contributed by atoms with E-state index >= 15 is 0 Å². The minimum atomic E-state index is -2.84. The lowest BCUT2D eigenvalue weighted by Gasteiger charge is -2.16. The molecule has 0 fully saturated rings. The molecule has 0 aliphatic heterocycles. The maximum atomic E-state index is 12.3. The van der Waals surface area contributed by atoms with E-state index in [1.165, 1.54) is 6.07 Å². The van der Waals surface area contributed by atoms with Gasteiger partial charge in [0, 0.05) is 11.3 Å². The summed E-state index contributed by atoms with van der Waals surface area (Å²) < 4.78 is 28.9. The van der Waals surface area contributed by atoms with Crippen LogP contribution in [0, 0.1) is 13.8 Å². The van der Waals surface area contributed by atoms with Gasteiger partial charge in [-0.2, -0.15) is 8.78 Å². The Kier molecular flexibility index (Phi) is 5.22. The van der Waals surface area contributed by atoms with E-state index in [0.717, 1.165) is 21.1 Å². The monoisotopic (exact) mass is 313 g/mol. The highest BCUT2D eigenvalue weighted by atomic mass is 32.1. The highest BCUT2D eigenvalue weighted by Gasteiger charge is 2.15. The third kappa shape index (κ3) is 4.20. The molecule has 0 amide bonds. The predicted octanol–water partition coefficient (Wildman–Crippen LogP) is 3.11. The Morgan fingerprint density at radius 2 is 2.14 bits per heavy atom. The first-order valence-corrected chi connectivity index (χ1v) is 7.25. The van der Waals surface area contributed by atoms with E-state index in [2.05, 4.69) is 15.1 Å². The van der Waals surface area contributed by atoms with Crippen LogP contribution in [0.3, 0.4) is 0 Å². The molecule has 1 heterocycles. The van der Waals surface area contributed by atoms with Gasteiger partial charge in [-0.25, -0.2) is 4.98 Å². The van der Waals surface area contributed by atoms with Crippen molar-refractivity contribution in [1.29, 1.82) is 0 Å². The van der Waals surface area contributed by atoms with Crippen LogP contribution < -0.4 is 16.0 Å². The second-order valence-electron chi connectivity index (χ2n) is 4.62. The Balaban J connectivity index is 2.16. The van der Waals surface area contributed by atoms with Crippen LogP contribution in [0.4, 0.5) is 8.78 Å². The van der Waals surface area contributed by atoms with Crippen molar-refractivity contribution in [1.82, 2.24) is 10.4 Å². The van der Waals surface area contributed by atoms with E-state index in [-0.39, 0.29) is 11.8 Å². The molecule has 2 aromatic rings. The Hall–Kier alpha value is -1.57. The average Bonchev–Trinajstić information content (AvgIpc) is 2.74. The third-order valence-electron chi connectivity index (χ3n) is 3.14. The maximum Gasteiger partial charge on any atom is 0.387 e. The molecule has 7 heteroatoms. The Morgan fingerprint density at radius 3 is 2.71 bits per heavy atom. The van der Waals surface area contributed by atoms with Crippen LogP contribution >= 0.6 is 11.3 Å². The number of aryl methyl sites for hydroxylation is 2. The van der Waals surface area contributed by atoms with Crippen molar-refractivity contribution in [3.8, 4) is 5.75 Å². The van der Waals surface area contributed by atoms with Crippen molar-refractivity contribution in [3.05, 3.63) is 45.4 Å². The van der Waals surface area contributed by atoms with Gasteiger partial charge in [-0.05, 0) is 31.5 Å². The summed E-state index contributed by atoms with van der Waals surface area (Å²) in [7, 11) is 0. The van der Waals surface area contributed by atoms with E-state index < -0.39 is 6.61 Å². The van der Waals surface area contributed by atoms with Gasteiger partial charge < -0.3 is 4.74 Å². The number of halogens is 2. The van der Waals surface area contributed by atoms with Crippen LogP contribution in [-0.2, 0) is 6.42 Å². The second kappa shape index (κ2) is 6.93. The molecule has 114 valence electrons. The number of alkyl halides is 2. The highest BCUT2D eigenvalue weighted by Crippen LogP contribution is 2.25. The molecule has 0 aliphatic carbocycles. The van der Waals surface area contributed by atoms with E-state index in [4.69, 9.17) is 5.84 Å². The van der Waals surface area contributed by atoms with Crippen molar-refractivity contribution in [2.24, 2.45) is 5.84 Å². The van der Waals surface area contributed by atoms with Crippen LogP contribution in [-0.4, -0.2) is 11.6 Å². The fourth-order valence-corrected chi connectivity index (χ4v) is 2.96. The van der Waals surface area contributed by atoms with Crippen molar-refractivity contribution in [2.75, 3.05) is 0 Å². The number of hydrazine groups is 1. The summed E-state index contributed by atoms with van der Waals surface area (Å²) in [6.07, 6.45) is 0.591. The number of nitrogens with zero attached hydrogens (tertiary/aromatic N) is 1. The molecule has 21 heavy (non-hydrogen) atoms. The van der Waals surface area contributed by atoms with Gasteiger partial charge in [0.25, 0.3) is 0 Å². The number of rotatable bonds is 6. The molecule has 1 unspecified atom stereocenters. The SMILES string of the molecule is Cc1nc(CC(NN)c2cccc(OC(F)F)c2)sc1C. The molecular weight excluding hydrogens is 296 g/mol. The van der Waals surface area contributed by atoms with Gasteiger partial charge in [-0.15, -0.1) is 11.3 Å². The lowest BCUT2D eigenvalue weighted by Crippen LogP contribution is -2.29. The lowest BCUT2D eigenvalue weighted by molar-refractivity contribution is -0.0499. The summed E-state index contributed by atoms with van der Waals surface area (Å²) in [5.41, 5.74) is 4.48. The number of benzene rings is 1. The lowest BCUT2D eigenvalue weighted by atomic mass is 10.0. The number of nitrogens with two attached hydrogens (primary N) is 1. The standard InChI is InChI=1S/C14H17F2N3OS/c1-8-9(2)21-13(18-8)7-12(19-17)10-4-3-5-11(6-10)20-14(15)16/h3-6,12,14,19H,7,17H2,1-2H3. The van der Waals surface area contributed by atoms with Crippen molar-refractivity contribution >= 4 is 11.3 Å². The zero-order valence-electron chi connectivity index (χ0n) is 11.8. The number of thiazole rings is 1. The minimum Gasteiger partial charge on any atom is -0.435 e. The van der Waals surface area contributed by atoms with Gasteiger partial charge >= 0.3 is 6.61 Å². The van der Waals surface area contributed by atoms with E-state index in [1.54, 1.807) is 23.5 Å². The zero-order valence-corrected chi connectivity index (χ0v) is 12.6. The number of hydrogen-bond acceptors (Lipinski definition) is 5. The maximum absolute atomic E-state index is 12.3. The molecule has 0 radical (unpaired) electrons. The Bertz CT molecular complexity index is 584. The number of ether oxygens (including phenoxy) is 1. The van der Waals surface area contributed by atoms with Crippen molar-refractivity contribution in [2.45, 2.75) is 32.9 Å². The van der Waals surface area contributed by atoms with E-state index in [9.17, 15) is 8.78 Å². The predicted molar refractivity (Wildman–Crippen MR) is 78.4 cm³/mol. The quantitative estimate of drug-likeness (QED) is 0.635. The fourth-order valence-electron chi connectivity index (χ4n) is 1.98. The number of aromatic nitrogens is 1. The molecule has 1 aromatic carbocycles. The van der Waals surface area contributed by atoms with Crippen LogP contribution in [0.15, 0.2) is 24.3 Å². The van der Waals surface area contributed by atoms with Gasteiger partial charge in [0.05, 0.1) is 16.7 Å². The van der Waals surface area contributed by atoms with Crippen molar-refractivity contribution < 1.29 is 13.5 Å². The van der Waals surface area contributed by atoms with Gasteiger partial charge in [0.15, 0.2) is 0 Å². The molecule has 4 nitrogen and oxygen atoms in total. The van der Waals surface area contributed by atoms with Gasteiger partial charge in [0.1, 0.15) is 5.75 Å². The smallest absolute Gasteiger partial charge is 0.387 e. The van der Waals surface area contributed by atoms with Crippen LogP contribution in [0.5, 0.6) is 5.75 Å². The molecule has 0 saturated heterocycles. The fraction of sp³-hybridized carbons (Fsp3) is 0.357. The molecule has 0 aliphatic rings. The largest absolute Gasteiger partial charge is 0.435 e. The molecule has 3 N–H and O–H groups in total. The van der Waals surface area contributed by atoms with Crippen molar-refractivity contribution in [3.63, 3.8) is 0 Å². The summed E-state index contributed by atoms with van der Waals surface area (Å²) in [4.78, 5) is 5.63. The van der Waals surface area contributed by atoms with Crippen LogP contribution in [0.2, 0.25) is 0 Å². The summed E-state index contributed by atoms with van der Waals surface area (Å²) in [6.45, 7) is 1.13. The molecule has 1 aromatic heterocycles. The molecular formula is C14H17F2N3OS. The zero-order chi connectivity index (χ0) is 15.4. The van der Waals surface area contributed by atoms with Crippen LogP contribution in [0.25, 0.3) is 0 Å². The van der Waals surface area contributed by atoms with E-state index in [0.29, 0.717) is 6.42 Å².